The van der Waals surface area contributed by atoms with E-state index >= 15 is 0 Å². The van der Waals surface area contributed by atoms with Crippen LogP contribution < -0.4 is 10.0 Å². The van der Waals surface area contributed by atoms with E-state index in [0.29, 0.717) is 23.4 Å². The highest BCUT2D eigenvalue weighted by Gasteiger charge is 2.14. The van der Waals surface area contributed by atoms with Crippen molar-refractivity contribution in [1.82, 2.24) is 10.2 Å². The number of nitrogens with zero attached hydrogens (tertiary/aromatic N) is 1. The number of nitrogens with one attached hydrogen (secondary N) is 2. The van der Waals surface area contributed by atoms with E-state index in [2.05, 4.69) is 27.1 Å². The molecule has 1 heterocycles. The van der Waals surface area contributed by atoms with Crippen LogP contribution in [-0.4, -0.2) is 38.6 Å². The maximum absolute atomic E-state index is 12.6. The van der Waals surface area contributed by atoms with E-state index in [0.717, 1.165) is 18.4 Å². The molecule has 7 heteroatoms. The summed E-state index contributed by atoms with van der Waals surface area (Å²) in [6.07, 6.45) is 3.65. The second-order valence-electron chi connectivity index (χ2n) is 7.33. The monoisotopic (exact) mass is 401 g/mol. The number of hydrogen-bond acceptors (Lipinski definition) is 4. The number of benzene rings is 2. The molecule has 2 aromatic rings. The van der Waals surface area contributed by atoms with E-state index in [4.69, 9.17) is 0 Å². The first kappa shape index (κ1) is 20.4. The van der Waals surface area contributed by atoms with E-state index in [1.54, 1.807) is 25.1 Å². The summed E-state index contributed by atoms with van der Waals surface area (Å²) in [4.78, 5) is 15.0. The quantitative estimate of drug-likeness (QED) is 0.748. The van der Waals surface area contributed by atoms with E-state index in [1.165, 1.54) is 31.5 Å². The number of hydrogen-bond donors (Lipinski definition) is 2. The minimum atomic E-state index is -3.40. The van der Waals surface area contributed by atoms with Gasteiger partial charge in [0.05, 0.1) is 11.9 Å². The van der Waals surface area contributed by atoms with Crippen molar-refractivity contribution in [2.75, 3.05) is 24.1 Å². The molecule has 0 aliphatic carbocycles. The lowest BCUT2D eigenvalue weighted by molar-refractivity contribution is 0.0950. The lowest BCUT2D eigenvalue weighted by atomic mass is 10.1. The average molecular weight is 402 g/mol. The summed E-state index contributed by atoms with van der Waals surface area (Å²) < 4.78 is 25.4. The molecule has 2 aromatic carbocycles. The Morgan fingerprint density at radius 2 is 1.68 bits per heavy atom. The normalized spacial score (nSPS) is 14.8. The largest absolute Gasteiger partial charge is 0.348 e. The van der Waals surface area contributed by atoms with Crippen LogP contribution in [0.5, 0.6) is 0 Å². The van der Waals surface area contributed by atoms with Crippen LogP contribution in [-0.2, 0) is 23.1 Å². The van der Waals surface area contributed by atoms with Gasteiger partial charge in [0.15, 0.2) is 0 Å². The number of carbonyl (C=O) groups is 1. The highest BCUT2D eigenvalue weighted by Crippen LogP contribution is 2.20. The summed E-state index contributed by atoms with van der Waals surface area (Å²) in [6, 6.07) is 13.3. The van der Waals surface area contributed by atoms with Crippen molar-refractivity contribution in [3.63, 3.8) is 0 Å². The number of rotatable bonds is 7. The highest BCUT2D eigenvalue weighted by atomic mass is 32.2. The molecule has 0 aromatic heterocycles. The van der Waals surface area contributed by atoms with Crippen LogP contribution in [0.3, 0.4) is 0 Å². The summed E-state index contributed by atoms with van der Waals surface area (Å²) in [5, 5.41) is 2.91. The first-order valence-corrected chi connectivity index (χ1v) is 11.4. The molecule has 6 nitrogen and oxygen atoms in total. The molecule has 0 unspecified atom stereocenters. The Morgan fingerprint density at radius 1 is 1.04 bits per heavy atom. The van der Waals surface area contributed by atoms with Gasteiger partial charge in [0, 0.05) is 18.7 Å². The minimum absolute atomic E-state index is 0.226. The standard InChI is InChI=1S/C21H27N3O3S/c1-16-19(6-5-7-20(16)23-28(2,26)27)21(25)22-14-17-8-10-18(11-9-17)15-24-12-3-4-13-24/h5-11,23H,3-4,12-15H2,1-2H3,(H,22,25). The van der Waals surface area contributed by atoms with Gasteiger partial charge in [0.25, 0.3) is 5.91 Å². The SMILES string of the molecule is Cc1c(NS(C)(=O)=O)cccc1C(=O)NCc1ccc(CN2CCCC2)cc1. The predicted molar refractivity (Wildman–Crippen MR) is 112 cm³/mol. The second kappa shape index (κ2) is 8.75. The first-order chi connectivity index (χ1) is 13.3. The van der Waals surface area contributed by atoms with Crippen LogP contribution in [0.4, 0.5) is 5.69 Å². The smallest absolute Gasteiger partial charge is 0.251 e. The molecule has 2 N–H and O–H groups in total. The van der Waals surface area contributed by atoms with E-state index < -0.39 is 10.0 Å². The lowest BCUT2D eigenvalue weighted by Crippen LogP contribution is -2.24. The Bertz CT molecular complexity index is 934. The van der Waals surface area contributed by atoms with Crippen molar-refractivity contribution < 1.29 is 13.2 Å². The van der Waals surface area contributed by atoms with Crippen molar-refractivity contribution in [3.8, 4) is 0 Å². The summed E-state index contributed by atoms with van der Waals surface area (Å²) in [7, 11) is -3.40. The third-order valence-corrected chi connectivity index (χ3v) is 5.55. The molecule has 1 aliphatic heterocycles. The lowest BCUT2D eigenvalue weighted by Gasteiger charge is -2.15. The van der Waals surface area contributed by atoms with Crippen LogP contribution in [0, 0.1) is 6.92 Å². The van der Waals surface area contributed by atoms with E-state index in [1.807, 2.05) is 12.1 Å². The van der Waals surface area contributed by atoms with Gasteiger partial charge in [-0.1, -0.05) is 30.3 Å². The van der Waals surface area contributed by atoms with Gasteiger partial charge in [-0.15, -0.1) is 0 Å². The summed E-state index contributed by atoms with van der Waals surface area (Å²) in [5.74, 6) is -0.226. The van der Waals surface area contributed by atoms with E-state index in [-0.39, 0.29) is 5.91 Å². The van der Waals surface area contributed by atoms with Crippen molar-refractivity contribution in [3.05, 3.63) is 64.7 Å². The van der Waals surface area contributed by atoms with Gasteiger partial charge in [0.2, 0.25) is 10.0 Å². The van der Waals surface area contributed by atoms with Gasteiger partial charge in [0.1, 0.15) is 0 Å². The van der Waals surface area contributed by atoms with Crippen molar-refractivity contribution in [2.24, 2.45) is 0 Å². The zero-order valence-electron chi connectivity index (χ0n) is 16.4. The number of carbonyl (C=O) groups excluding carboxylic acids is 1. The number of amides is 1. The zero-order chi connectivity index (χ0) is 20.1. The molecule has 0 radical (unpaired) electrons. The van der Waals surface area contributed by atoms with Crippen LogP contribution in [0.15, 0.2) is 42.5 Å². The maximum atomic E-state index is 12.6. The molecular formula is C21H27N3O3S. The fourth-order valence-corrected chi connectivity index (χ4v) is 4.05. The van der Waals surface area contributed by atoms with Gasteiger partial charge in [-0.3, -0.25) is 14.4 Å². The van der Waals surface area contributed by atoms with Gasteiger partial charge >= 0.3 is 0 Å². The Kier molecular flexibility index (Phi) is 6.36. The van der Waals surface area contributed by atoms with Gasteiger partial charge in [-0.2, -0.15) is 0 Å². The van der Waals surface area contributed by atoms with Crippen LogP contribution in [0.25, 0.3) is 0 Å². The molecule has 1 aliphatic rings. The average Bonchev–Trinajstić information content (AvgIpc) is 3.14. The maximum Gasteiger partial charge on any atom is 0.251 e. The molecule has 0 bridgehead atoms. The molecule has 1 fully saturated rings. The van der Waals surface area contributed by atoms with Gasteiger partial charge in [-0.25, -0.2) is 8.42 Å². The third-order valence-electron chi connectivity index (χ3n) is 4.95. The summed E-state index contributed by atoms with van der Waals surface area (Å²) >= 11 is 0. The Hall–Kier alpha value is -2.38. The van der Waals surface area contributed by atoms with E-state index in [9.17, 15) is 13.2 Å². The van der Waals surface area contributed by atoms with Crippen molar-refractivity contribution in [2.45, 2.75) is 32.9 Å². The molecular weight excluding hydrogens is 374 g/mol. The number of sulfonamides is 1. The molecule has 0 spiro atoms. The Balaban J connectivity index is 1.60. The Labute approximate surface area is 167 Å². The fraction of sp³-hybridized carbons (Fsp3) is 0.381. The molecule has 3 rings (SSSR count). The first-order valence-electron chi connectivity index (χ1n) is 9.47. The molecule has 1 saturated heterocycles. The number of anilines is 1. The minimum Gasteiger partial charge on any atom is -0.348 e. The van der Waals surface area contributed by atoms with Gasteiger partial charge in [-0.05, 0) is 61.7 Å². The topological polar surface area (TPSA) is 78.5 Å². The molecule has 0 saturated carbocycles. The molecule has 150 valence electrons. The zero-order valence-corrected chi connectivity index (χ0v) is 17.2. The fourth-order valence-electron chi connectivity index (χ4n) is 3.43. The highest BCUT2D eigenvalue weighted by molar-refractivity contribution is 7.92. The molecule has 0 atom stereocenters. The summed E-state index contributed by atoms with van der Waals surface area (Å²) in [5.41, 5.74) is 3.79. The molecule has 28 heavy (non-hydrogen) atoms. The summed E-state index contributed by atoms with van der Waals surface area (Å²) in [6.45, 7) is 5.47. The van der Waals surface area contributed by atoms with Crippen LogP contribution in [0.1, 0.15) is 39.9 Å². The Morgan fingerprint density at radius 3 is 2.32 bits per heavy atom. The van der Waals surface area contributed by atoms with Crippen molar-refractivity contribution in [1.29, 1.82) is 0 Å². The van der Waals surface area contributed by atoms with Crippen LogP contribution >= 0.6 is 0 Å². The van der Waals surface area contributed by atoms with Crippen molar-refractivity contribution >= 4 is 21.6 Å². The second-order valence-corrected chi connectivity index (χ2v) is 9.08. The number of likely N-dealkylation sites (tertiary alicyclic amines) is 1. The van der Waals surface area contributed by atoms with Crippen LogP contribution in [0.2, 0.25) is 0 Å². The third kappa shape index (κ3) is 5.56. The molecule has 1 amide bonds. The van der Waals surface area contributed by atoms with Gasteiger partial charge < -0.3 is 5.32 Å². The predicted octanol–water partition coefficient (Wildman–Crippen LogP) is 2.89.